The predicted octanol–water partition coefficient (Wildman–Crippen LogP) is 4.33. The van der Waals surface area contributed by atoms with Gasteiger partial charge in [-0.25, -0.2) is 0 Å². The number of halogens is 2. The highest BCUT2D eigenvalue weighted by Crippen LogP contribution is 2.26. The van der Waals surface area contributed by atoms with Gasteiger partial charge in [0, 0.05) is 25.8 Å². The third kappa shape index (κ3) is 2.49. The summed E-state index contributed by atoms with van der Waals surface area (Å²) in [5, 5.41) is 0. The van der Waals surface area contributed by atoms with Crippen LogP contribution in [-0.4, -0.2) is 5.78 Å². The molecule has 0 bridgehead atoms. The van der Waals surface area contributed by atoms with Gasteiger partial charge in [0.15, 0.2) is 5.78 Å². The molecule has 4 heteroatoms. The van der Waals surface area contributed by atoms with Gasteiger partial charge in [-0.1, -0.05) is 12.1 Å². The van der Waals surface area contributed by atoms with Crippen molar-refractivity contribution >= 4 is 43.3 Å². The first kappa shape index (κ1) is 13.3. The van der Waals surface area contributed by atoms with Gasteiger partial charge in [-0.15, -0.1) is 0 Å². The number of carbonyl (C=O) groups is 1. The van der Waals surface area contributed by atoms with Crippen molar-refractivity contribution in [2.24, 2.45) is 0 Å². The fraction of sp³-hybridized carbons (Fsp3) is 0.0714. The molecule has 0 saturated heterocycles. The maximum Gasteiger partial charge on any atom is 0.194 e. The molecule has 0 aliphatic carbocycles. The predicted molar refractivity (Wildman–Crippen MR) is 80.9 cm³/mol. The van der Waals surface area contributed by atoms with Crippen molar-refractivity contribution < 1.29 is 4.79 Å². The number of anilines is 1. The zero-order chi connectivity index (χ0) is 13.3. The molecule has 0 saturated carbocycles. The van der Waals surface area contributed by atoms with E-state index in [1.54, 1.807) is 18.2 Å². The van der Waals surface area contributed by atoms with E-state index >= 15 is 0 Å². The standard InChI is InChI=1S/C14H11Br2NO/c1-8-3-2-4-10(13(8)16)14(18)9-5-6-12(17)11(15)7-9/h2-7H,17H2,1H3. The van der Waals surface area contributed by atoms with Crippen LogP contribution in [0, 0.1) is 6.92 Å². The average molecular weight is 369 g/mol. The van der Waals surface area contributed by atoms with Crippen LogP contribution in [-0.2, 0) is 0 Å². The van der Waals surface area contributed by atoms with Gasteiger partial charge in [0.2, 0.25) is 0 Å². The minimum atomic E-state index is -0.0220. The van der Waals surface area contributed by atoms with Gasteiger partial charge < -0.3 is 5.73 Å². The van der Waals surface area contributed by atoms with Gasteiger partial charge in [-0.3, -0.25) is 4.79 Å². The van der Waals surface area contributed by atoms with Crippen LogP contribution in [0.4, 0.5) is 5.69 Å². The van der Waals surface area contributed by atoms with Crippen LogP contribution in [0.3, 0.4) is 0 Å². The number of carbonyl (C=O) groups excluding carboxylic acids is 1. The average Bonchev–Trinajstić information content (AvgIpc) is 2.35. The smallest absolute Gasteiger partial charge is 0.194 e. The fourth-order valence-corrected chi connectivity index (χ4v) is 2.47. The van der Waals surface area contributed by atoms with E-state index in [9.17, 15) is 4.79 Å². The van der Waals surface area contributed by atoms with Crippen LogP contribution >= 0.6 is 31.9 Å². The normalized spacial score (nSPS) is 10.4. The molecule has 0 aliphatic rings. The van der Waals surface area contributed by atoms with Crippen LogP contribution in [0.2, 0.25) is 0 Å². The van der Waals surface area contributed by atoms with Crippen LogP contribution in [0.1, 0.15) is 21.5 Å². The zero-order valence-corrected chi connectivity index (χ0v) is 12.9. The summed E-state index contributed by atoms with van der Waals surface area (Å²) < 4.78 is 1.57. The van der Waals surface area contributed by atoms with Crippen LogP contribution in [0.25, 0.3) is 0 Å². The lowest BCUT2D eigenvalue weighted by Gasteiger charge is -2.07. The minimum absolute atomic E-state index is 0.0220. The minimum Gasteiger partial charge on any atom is -0.398 e. The first-order valence-electron chi connectivity index (χ1n) is 5.35. The highest BCUT2D eigenvalue weighted by atomic mass is 79.9. The molecule has 0 radical (unpaired) electrons. The Morgan fingerprint density at radius 3 is 2.56 bits per heavy atom. The summed E-state index contributed by atoms with van der Waals surface area (Å²) in [5.41, 5.74) is 8.64. The number of benzene rings is 2. The van der Waals surface area contributed by atoms with E-state index in [2.05, 4.69) is 31.9 Å². The van der Waals surface area contributed by atoms with Crippen LogP contribution in [0.15, 0.2) is 45.3 Å². The highest BCUT2D eigenvalue weighted by Gasteiger charge is 2.14. The largest absolute Gasteiger partial charge is 0.398 e. The van der Waals surface area contributed by atoms with Crippen molar-refractivity contribution in [3.8, 4) is 0 Å². The molecule has 2 aromatic carbocycles. The Labute approximate surface area is 122 Å². The topological polar surface area (TPSA) is 43.1 Å². The molecule has 0 aromatic heterocycles. The number of aryl methyl sites for hydroxylation is 1. The molecule has 2 rings (SSSR count). The molecular weight excluding hydrogens is 358 g/mol. The summed E-state index contributed by atoms with van der Waals surface area (Å²) in [6, 6.07) is 10.8. The van der Waals surface area contributed by atoms with Gasteiger partial charge in [0.1, 0.15) is 0 Å². The summed E-state index contributed by atoms with van der Waals surface area (Å²) in [5.74, 6) is -0.0220. The second kappa shape index (κ2) is 5.24. The van der Waals surface area contributed by atoms with E-state index < -0.39 is 0 Å². The Morgan fingerprint density at radius 1 is 1.17 bits per heavy atom. The summed E-state index contributed by atoms with van der Waals surface area (Å²) in [6.07, 6.45) is 0. The molecular formula is C14H11Br2NO. The lowest BCUT2D eigenvalue weighted by atomic mass is 10.0. The Hall–Kier alpha value is -1.13. The molecule has 2 aromatic rings. The molecule has 92 valence electrons. The number of rotatable bonds is 2. The van der Waals surface area contributed by atoms with Gasteiger partial charge in [0.05, 0.1) is 0 Å². The van der Waals surface area contributed by atoms with Gasteiger partial charge in [-0.05, 0) is 68.6 Å². The maximum atomic E-state index is 12.4. The van der Waals surface area contributed by atoms with E-state index in [1.807, 2.05) is 25.1 Å². The van der Waals surface area contributed by atoms with Crippen molar-refractivity contribution in [1.29, 1.82) is 0 Å². The molecule has 18 heavy (non-hydrogen) atoms. The van der Waals surface area contributed by atoms with E-state index in [-0.39, 0.29) is 5.78 Å². The third-order valence-corrected chi connectivity index (χ3v) is 4.44. The number of nitrogen functional groups attached to an aromatic ring is 1. The Morgan fingerprint density at radius 2 is 1.89 bits per heavy atom. The van der Waals surface area contributed by atoms with Gasteiger partial charge in [0.25, 0.3) is 0 Å². The van der Waals surface area contributed by atoms with Crippen molar-refractivity contribution in [3.05, 3.63) is 62.0 Å². The molecule has 0 atom stereocenters. The monoisotopic (exact) mass is 367 g/mol. The summed E-state index contributed by atoms with van der Waals surface area (Å²) in [7, 11) is 0. The SMILES string of the molecule is Cc1cccc(C(=O)c2ccc(N)c(Br)c2)c1Br. The number of ketones is 1. The molecule has 0 aliphatic heterocycles. The first-order valence-corrected chi connectivity index (χ1v) is 6.94. The second-order valence-electron chi connectivity index (χ2n) is 4.00. The van der Waals surface area contributed by atoms with E-state index in [0.29, 0.717) is 16.8 Å². The number of nitrogens with two attached hydrogens (primary N) is 1. The molecule has 2 nitrogen and oxygen atoms in total. The molecule has 0 fully saturated rings. The summed E-state index contributed by atoms with van der Waals surface area (Å²) >= 11 is 6.78. The summed E-state index contributed by atoms with van der Waals surface area (Å²) in [4.78, 5) is 12.4. The van der Waals surface area contributed by atoms with Crippen LogP contribution in [0.5, 0.6) is 0 Å². The number of hydrogen-bond donors (Lipinski definition) is 1. The van der Waals surface area contributed by atoms with Crippen molar-refractivity contribution in [3.63, 3.8) is 0 Å². The number of hydrogen-bond acceptors (Lipinski definition) is 2. The zero-order valence-electron chi connectivity index (χ0n) is 9.71. The molecule has 0 heterocycles. The molecule has 0 unspecified atom stereocenters. The lowest BCUT2D eigenvalue weighted by Crippen LogP contribution is -2.03. The van der Waals surface area contributed by atoms with Crippen molar-refractivity contribution in [1.82, 2.24) is 0 Å². The Bertz CT molecular complexity index is 623. The molecule has 0 spiro atoms. The van der Waals surface area contributed by atoms with E-state index in [1.165, 1.54) is 0 Å². The quantitative estimate of drug-likeness (QED) is 0.633. The summed E-state index contributed by atoms with van der Waals surface area (Å²) in [6.45, 7) is 1.96. The first-order chi connectivity index (χ1) is 8.50. The van der Waals surface area contributed by atoms with Crippen molar-refractivity contribution in [2.75, 3.05) is 5.73 Å². The lowest BCUT2D eigenvalue weighted by molar-refractivity contribution is 0.103. The Balaban J connectivity index is 2.48. The maximum absolute atomic E-state index is 12.4. The van der Waals surface area contributed by atoms with E-state index in [0.717, 1.165) is 14.5 Å². The van der Waals surface area contributed by atoms with Gasteiger partial charge >= 0.3 is 0 Å². The third-order valence-electron chi connectivity index (χ3n) is 2.70. The van der Waals surface area contributed by atoms with E-state index in [4.69, 9.17) is 5.73 Å². The van der Waals surface area contributed by atoms with Crippen molar-refractivity contribution in [2.45, 2.75) is 6.92 Å². The van der Waals surface area contributed by atoms with Crippen LogP contribution < -0.4 is 5.73 Å². The molecule has 2 N–H and O–H groups in total. The fourth-order valence-electron chi connectivity index (χ4n) is 1.65. The second-order valence-corrected chi connectivity index (χ2v) is 5.65. The molecule has 0 amide bonds. The van der Waals surface area contributed by atoms with Gasteiger partial charge in [-0.2, -0.15) is 0 Å². The highest BCUT2D eigenvalue weighted by molar-refractivity contribution is 9.11. The Kier molecular flexibility index (Phi) is 3.88.